The third-order valence-electron chi connectivity index (χ3n) is 3.08. The lowest BCUT2D eigenvalue weighted by molar-refractivity contribution is 0.100. The zero-order chi connectivity index (χ0) is 14.8. The number of ether oxygens (including phenoxy) is 1. The van der Waals surface area contributed by atoms with Crippen LogP contribution in [0.3, 0.4) is 0 Å². The topological polar surface area (TPSA) is 56.1 Å². The van der Waals surface area contributed by atoms with Gasteiger partial charge >= 0.3 is 0 Å². The van der Waals surface area contributed by atoms with Crippen molar-refractivity contribution in [2.24, 2.45) is 0 Å². The van der Waals surface area contributed by atoms with Gasteiger partial charge in [-0.15, -0.1) is 0 Å². The van der Waals surface area contributed by atoms with Crippen LogP contribution in [0.4, 0.5) is 4.39 Å². The van der Waals surface area contributed by atoms with Crippen LogP contribution < -0.4 is 10.2 Å². The molecule has 0 saturated carbocycles. The van der Waals surface area contributed by atoms with Gasteiger partial charge in [-0.2, -0.15) is 0 Å². The van der Waals surface area contributed by atoms with Gasteiger partial charge in [0.2, 0.25) is 0 Å². The first-order valence-electron chi connectivity index (χ1n) is 6.26. The van der Waals surface area contributed by atoms with Crippen molar-refractivity contribution >= 4 is 16.9 Å². The number of hydrogen-bond acceptors (Lipinski definition) is 3. The highest BCUT2D eigenvalue weighted by molar-refractivity contribution is 6.02. The zero-order valence-corrected chi connectivity index (χ0v) is 11.2. The molecule has 0 aliphatic carbocycles. The van der Waals surface area contributed by atoms with Gasteiger partial charge in [-0.1, -0.05) is 12.1 Å². The number of para-hydroxylation sites is 2. The van der Waals surface area contributed by atoms with E-state index in [4.69, 9.17) is 4.74 Å². The molecular weight excluding hydrogens is 273 g/mol. The first kappa shape index (κ1) is 13.1. The summed E-state index contributed by atoms with van der Waals surface area (Å²) < 4.78 is 19.9. The Labute approximate surface area is 119 Å². The molecule has 1 heterocycles. The number of benzene rings is 2. The van der Waals surface area contributed by atoms with Crippen LogP contribution in [0.5, 0.6) is 5.75 Å². The fourth-order valence-corrected chi connectivity index (χ4v) is 2.08. The molecule has 0 spiro atoms. The van der Waals surface area contributed by atoms with E-state index < -0.39 is 11.7 Å². The van der Waals surface area contributed by atoms with Gasteiger partial charge in [0.25, 0.3) is 5.91 Å². The fourth-order valence-electron chi connectivity index (χ4n) is 2.08. The number of carbonyl (C=O) groups is 1. The first-order valence-corrected chi connectivity index (χ1v) is 6.26. The number of nitrogens with one attached hydrogen (secondary N) is 1. The number of nitrogens with zero attached hydrogens (tertiary/aromatic N) is 2. The minimum atomic E-state index is -0.503. The van der Waals surface area contributed by atoms with E-state index in [0.29, 0.717) is 5.75 Å². The highest BCUT2D eigenvalue weighted by Crippen LogP contribution is 2.20. The van der Waals surface area contributed by atoms with Crippen LogP contribution in [0.1, 0.15) is 10.4 Å². The second-order valence-corrected chi connectivity index (χ2v) is 4.39. The normalized spacial score (nSPS) is 10.6. The standard InChI is InChI=1S/C15H12FN3O2/c1-21-14-7-6-10(16)8-11(14)15(20)18-19-9-17-12-4-2-3-5-13(12)19/h2-9H,1H3,(H,18,20). The molecule has 21 heavy (non-hydrogen) atoms. The molecule has 0 atom stereocenters. The second kappa shape index (κ2) is 5.24. The van der Waals surface area contributed by atoms with Gasteiger partial charge in [-0.25, -0.2) is 14.1 Å². The van der Waals surface area contributed by atoms with E-state index in [-0.39, 0.29) is 5.56 Å². The number of amides is 1. The van der Waals surface area contributed by atoms with Crippen molar-refractivity contribution in [2.45, 2.75) is 0 Å². The van der Waals surface area contributed by atoms with E-state index in [1.165, 1.54) is 30.2 Å². The summed E-state index contributed by atoms with van der Waals surface area (Å²) in [5.74, 6) is -0.677. The number of methoxy groups -OCH3 is 1. The molecule has 1 aromatic heterocycles. The Hall–Kier alpha value is -2.89. The Morgan fingerprint density at radius 1 is 1.29 bits per heavy atom. The van der Waals surface area contributed by atoms with Crippen molar-refractivity contribution in [1.82, 2.24) is 9.66 Å². The molecule has 2 aromatic carbocycles. The molecule has 3 rings (SSSR count). The molecule has 0 fully saturated rings. The summed E-state index contributed by atoms with van der Waals surface area (Å²) in [4.78, 5) is 16.4. The van der Waals surface area contributed by atoms with Crippen LogP contribution in [-0.2, 0) is 0 Å². The summed E-state index contributed by atoms with van der Waals surface area (Å²) in [5, 5.41) is 0. The van der Waals surface area contributed by atoms with E-state index in [2.05, 4.69) is 10.4 Å². The average Bonchev–Trinajstić information content (AvgIpc) is 2.90. The number of hydrogen-bond donors (Lipinski definition) is 1. The van der Waals surface area contributed by atoms with Gasteiger partial charge in [-0.05, 0) is 30.3 Å². The van der Waals surface area contributed by atoms with E-state index in [1.54, 1.807) is 0 Å². The smallest absolute Gasteiger partial charge is 0.274 e. The van der Waals surface area contributed by atoms with Gasteiger partial charge in [0.15, 0.2) is 0 Å². The van der Waals surface area contributed by atoms with Crippen molar-refractivity contribution in [3.63, 3.8) is 0 Å². The monoisotopic (exact) mass is 285 g/mol. The number of imidazole rings is 1. The number of aromatic nitrogens is 2. The molecule has 0 aliphatic heterocycles. The molecule has 0 radical (unpaired) electrons. The summed E-state index contributed by atoms with van der Waals surface area (Å²) in [5.41, 5.74) is 4.28. The average molecular weight is 285 g/mol. The molecular formula is C15H12FN3O2. The van der Waals surface area contributed by atoms with Crippen molar-refractivity contribution in [3.05, 3.63) is 60.2 Å². The predicted octanol–water partition coefficient (Wildman–Crippen LogP) is 2.57. The van der Waals surface area contributed by atoms with Crippen LogP contribution in [0.15, 0.2) is 48.8 Å². The third kappa shape index (κ3) is 2.43. The lowest BCUT2D eigenvalue weighted by Gasteiger charge is -2.10. The van der Waals surface area contributed by atoms with E-state index in [1.807, 2.05) is 24.3 Å². The van der Waals surface area contributed by atoms with E-state index in [0.717, 1.165) is 17.1 Å². The molecule has 0 unspecified atom stereocenters. The van der Waals surface area contributed by atoms with Crippen LogP contribution >= 0.6 is 0 Å². The van der Waals surface area contributed by atoms with E-state index >= 15 is 0 Å². The molecule has 1 amide bonds. The summed E-state index contributed by atoms with van der Waals surface area (Å²) >= 11 is 0. The fraction of sp³-hybridized carbons (Fsp3) is 0.0667. The Morgan fingerprint density at radius 2 is 2.10 bits per heavy atom. The summed E-state index contributed by atoms with van der Waals surface area (Å²) in [6.45, 7) is 0. The maximum Gasteiger partial charge on any atom is 0.274 e. The maximum absolute atomic E-state index is 13.3. The molecule has 3 aromatic rings. The minimum Gasteiger partial charge on any atom is -0.496 e. The molecule has 6 heteroatoms. The van der Waals surface area contributed by atoms with Crippen molar-refractivity contribution in [2.75, 3.05) is 12.5 Å². The summed E-state index contributed by atoms with van der Waals surface area (Å²) in [7, 11) is 1.43. The molecule has 0 aliphatic rings. The lowest BCUT2D eigenvalue weighted by atomic mass is 10.2. The zero-order valence-electron chi connectivity index (χ0n) is 11.2. The van der Waals surface area contributed by atoms with Crippen LogP contribution in [0, 0.1) is 5.82 Å². The van der Waals surface area contributed by atoms with Gasteiger partial charge in [-0.3, -0.25) is 10.2 Å². The van der Waals surface area contributed by atoms with Crippen LogP contribution in [0.25, 0.3) is 11.0 Å². The molecule has 106 valence electrons. The number of fused-ring (bicyclic) bond motifs is 1. The molecule has 5 nitrogen and oxygen atoms in total. The van der Waals surface area contributed by atoms with Gasteiger partial charge in [0, 0.05) is 0 Å². The minimum absolute atomic E-state index is 0.121. The summed E-state index contributed by atoms with van der Waals surface area (Å²) in [6, 6.07) is 11.1. The van der Waals surface area contributed by atoms with Gasteiger partial charge in [0.05, 0.1) is 23.7 Å². The highest BCUT2D eigenvalue weighted by atomic mass is 19.1. The Balaban J connectivity index is 1.95. The molecule has 1 N–H and O–H groups in total. The third-order valence-corrected chi connectivity index (χ3v) is 3.08. The second-order valence-electron chi connectivity index (χ2n) is 4.39. The van der Waals surface area contributed by atoms with Gasteiger partial charge < -0.3 is 4.74 Å². The van der Waals surface area contributed by atoms with E-state index in [9.17, 15) is 9.18 Å². The highest BCUT2D eigenvalue weighted by Gasteiger charge is 2.14. The Morgan fingerprint density at radius 3 is 2.90 bits per heavy atom. The quantitative estimate of drug-likeness (QED) is 0.804. The van der Waals surface area contributed by atoms with Crippen molar-refractivity contribution < 1.29 is 13.9 Å². The number of halogens is 1. The first-order chi connectivity index (χ1) is 10.2. The van der Waals surface area contributed by atoms with Gasteiger partial charge in [0.1, 0.15) is 17.9 Å². The van der Waals surface area contributed by atoms with Crippen molar-refractivity contribution in [1.29, 1.82) is 0 Å². The van der Waals surface area contributed by atoms with Crippen molar-refractivity contribution in [3.8, 4) is 5.75 Å². The number of carbonyl (C=O) groups excluding carboxylic acids is 1. The predicted molar refractivity (Wildman–Crippen MR) is 76.4 cm³/mol. The SMILES string of the molecule is COc1ccc(F)cc1C(=O)Nn1cnc2ccccc21. The molecule has 0 bridgehead atoms. The Bertz CT molecular complexity index is 814. The van der Waals surface area contributed by atoms with Crippen LogP contribution in [-0.4, -0.2) is 22.7 Å². The van der Waals surface area contributed by atoms with Crippen LogP contribution in [0.2, 0.25) is 0 Å². The summed E-state index contributed by atoms with van der Waals surface area (Å²) in [6.07, 6.45) is 1.49. The lowest BCUT2D eigenvalue weighted by Crippen LogP contribution is -2.22. The maximum atomic E-state index is 13.3. The number of rotatable bonds is 3. The largest absolute Gasteiger partial charge is 0.496 e. The Kier molecular flexibility index (Phi) is 3.27. The molecule has 0 saturated heterocycles.